The molecule has 1 aliphatic rings. The lowest BCUT2D eigenvalue weighted by Crippen LogP contribution is -2.29. The van der Waals surface area contributed by atoms with Crippen molar-refractivity contribution in [2.45, 2.75) is 24.2 Å². The number of phenols is 1. The standard InChI is InChI=1S/C23H27NO6S/c1-30-14-18-15-31(28,29)22(13-25)23(18)21(27)9-8-17(20-7-2-3-10-24-20)11-16-5-4-6-19(26)12-16/h2-7,10-12,21-22,25-27H,8-9,13-15H2,1H3/b17-11-/t21-,22+/m1/s1. The molecule has 2 heterocycles. The first-order valence-corrected chi connectivity index (χ1v) is 11.7. The van der Waals surface area contributed by atoms with Gasteiger partial charge in [0.05, 0.1) is 30.8 Å². The molecule has 0 unspecified atom stereocenters. The maximum atomic E-state index is 12.4. The van der Waals surface area contributed by atoms with Gasteiger partial charge in [-0.3, -0.25) is 4.98 Å². The van der Waals surface area contributed by atoms with Crippen molar-refractivity contribution < 1.29 is 28.5 Å². The van der Waals surface area contributed by atoms with Crippen LogP contribution < -0.4 is 0 Å². The van der Waals surface area contributed by atoms with Crippen molar-refractivity contribution >= 4 is 21.5 Å². The highest BCUT2D eigenvalue weighted by molar-refractivity contribution is 7.92. The monoisotopic (exact) mass is 445 g/mol. The Hall–Kier alpha value is -2.52. The molecule has 0 fully saturated rings. The second-order valence-electron chi connectivity index (χ2n) is 7.50. The summed E-state index contributed by atoms with van der Waals surface area (Å²) in [6.45, 7) is -0.484. The smallest absolute Gasteiger partial charge is 0.163 e. The number of hydrogen-bond donors (Lipinski definition) is 3. The van der Waals surface area contributed by atoms with E-state index >= 15 is 0 Å². The van der Waals surface area contributed by atoms with Gasteiger partial charge in [0.15, 0.2) is 9.84 Å². The van der Waals surface area contributed by atoms with Crippen LogP contribution in [0.3, 0.4) is 0 Å². The zero-order valence-corrected chi connectivity index (χ0v) is 18.1. The van der Waals surface area contributed by atoms with Crippen molar-refractivity contribution in [3.8, 4) is 5.75 Å². The number of methoxy groups -OCH3 is 1. The van der Waals surface area contributed by atoms with E-state index in [9.17, 15) is 23.7 Å². The number of aromatic hydroxyl groups is 1. The van der Waals surface area contributed by atoms with Gasteiger partial charge in [-0.05, 0) is 65.5 Å². The van der Waals surface area contributed by atoms with E-state index in [2.05, 4.69) is 4.98 Å². The van der Waals surface area contributed by atoms with Gasteiger partial charge in [-0.2, -0.15) is 0 Å². The van der Waals surface area contributed by atoms with Crippen LogP contribution in [-0.2, 0) is 14.6 Å². The summed E-state index contributed by atoms with van der Waals surface area (Å²) in [6.07, 6.45) is 3.17. The molecule has 3 N–H and O–H groups in total. The van der Waals surface area contributed by atoms with Crippen molar-refractivity contribution in [3.05, 3.63) is 71.1 Å². The lowest BCUT2D eigenvalue weighted by atomic mass is 9.94. The number of pyridine rings is 1. The van der Waals surface area contributed by atoms with Gasteiger partial charge in [-0.25, -0.2) is 8.42 Å². The quantitative estimate of drug-likeness (QED) is 0.507. The first-order chi connectivity index (χ1) is 14.9. The van der Waals surface area contributed by atoms with Crippen LogP contribution in [0.15, 0.2) is 59.8 Å². The summed E-state index contributed by atoms with van der Waals surface area (Å²) >= 11 is 0. The molecule has 0 spiro atoms. The Balaban J connectivity index is 1.88. The molecule has 2 aromatic rings. The number of aromatic nitrogens is 1. The summed E-state index contributed by atoms with van der Waals surface area (Å²) in [5.74, 6) is -0.0736. The minimum atomic E-state index is -3.57. The molecule has 0 radical (unpaired) electrons. The highest BCUT2D eigenvalue weighted by Crippen LogP contribution is 2.33. The predicted octanol–water partition coefficient (Wildman–Crippen LogP) is 2.20. The van der Waals surface area contributed by atoms with E-state index in [1.807, 2.05) is 24.3 Å². The Morgan fingerprint density at radius 1 is 1.29 bits per heavy atom. The average molecular weight is 446 g/mol. The number of aliphatic hydroxyl groups is 2. The van der Waals surface area contributed by atoms with Crippen molar-refractivity contribution in [2.75, 3.05) is 26.1 Å². The van der Waals surface area contributed by atoms with Gasteiger partial charge in [0.2, 0.25) is 0 Å². The van der Waals surface area contributed by atoms with Crippen LogP contribution in [0.1, 0.15) is 24.1 Å². The molecule has 0 saturated heterocycles. The minimum Gasteiger partial charge on any atom is -0.508 e. The van der Waals surface area contributed by atoms with Crippen molar-refractivity contribution in [1.29, 1.82) is 0 Å². The van der Waals surface area contributed by atoms with Crippen molar-refractivity contribution in [3.63, 3.8) is 0 Å². The molecule has 1 aromatic heterocycles. The molecule has 8 heteroatoms. The molecule has 3 rings (SSSR count). The van der Waals surface area contributed by atoms with Crippen molar-refractivity contribution in [2.24, 2.45) is 0 Å². The molecule has 31 heavy (non-hydrogen) atoms. The number of allylic oxidation sites excluding steroid dienone is 1. The number of phenolic OH excluding ortho intramolecular Hbond substituents is 1. The molecule has 7 nitrogen and oxygen atoms in total. The summed E-state index contributed by atoms with van der Waals surface area (Å²) in [5, 5.41) is 29.2. The van der Waals surface area contributed by atoms with E-state index in [4.69, 9.17) is 4.74 Å². The molecular weight excluding hydrogens is 418 g/mol. The third kappa shape index (κ3) is 5.59. The van der Waals surface area contributed by atoms with Gasteiger partial charge in [0.25, 0.3) is 0 Å². The van der Waals surface area contributed by atoms with Crippen LogP contribution >= 0.6 is 0 Å². The topological polar surface area (TPSA) is 117 Å². The zero-order valence-electron chi connectivity index (χ0n) is 17.3. The summed E-state index contributed by atoms with van der Waals surface area (Å²) in [6, 6.07) is 12.3. The number of ether oxygens (including phenoxy) is 1. The summed E-state index contributed by atoms with van der Waals surface area (Å²) in [5.41, 5.74) is 3.18. The Morgan fingerprint density at radius 2 is 2.10 bits per heavy atom. The lowest BCUT2D eigenvalue weighted by Gasteiger charge is -2.19. The van der Waals surface area contributed by atoms with Crippen LogP contribution in [0.2, 0.25) is 0 Å². The molecule has 0 bridgehead atoms. The summed E-state index contributed by atoms with van der Waals surface area (Å²) < 4.78 is 29.9. The normalized spacial score (nSPS) is 19.6. The van der Waals surface area contributed by atoms with Crippen LogP contribution in [0, 0.1) is 0 Å². The molecule has 0 amide bonds. The molecule has 2 atom stereocenters. The minimum absolute atomic E-state index is 0.0916. The first kappa shape index (κ1) is 23.1. The number of hydrogen-bond acceptors (Lipinski definition) is 7. The molecule has 166 valence electrons. The number of benzene rings is 1. The highest BCUT2D eigenvalue weighted by Gasteiger charge is 2.41. The fourth-order valence-electron chi connectivity index (χ4n) is 3.90. The summed E-state index contributed by atoms with van der Waals surface area (Å²) in [4.78, 5) is 4.39. The second kappa shape index (κ2) is 10.2. The van der Waals surface area contributed by atoms with Gasteiger partial charge in [-0.15, -0.1) is 0 Å². The average Bonchev–Trinajstić information content (AvgIpc) is 3.01. The fourth-order valence-corrected chi connectivity index (χ4v) is 5.77. The number of sulfone groups is 1. The number of nitrogens with zero attached hydrogens (tertiary/aromatic N) is 1. The fraction of sp³-hybridized carbons (Fsp3) is 0.348. The first-order valence-electron chi connectivity index (χ1n) is 9.98. The highest BCUT2D eigenvalue weighted by atomic mass is 32.2. The van der Waals surface area contributed by atoms with Gasteiger partial charge in [0, 0.05) is 13.3 Å². The Kier molecular flexibility index (Phi) is 7.61. The van der Waals surface area contributed by atoms with Gasteiger partial charge >= 0.3 is 0 Å². The van der Waals surface area contributed by atoms with E-state index in [1.54, 1.807) is 30.5 Å². The molecule has 1 aliphatic heterocycles. The van der Waals surface area contributed by atoms with Crippen LogP contribution in [0.5, 0.6) is 5.75 Å². The van der Waals surface area contributed by atoms with Crippen LogP contribution in [-0.4, -0.2) is 66.2 Å². The third-order valence-electron chi connectivity index (χ3n) is 5.30. The van der Waals surface area contributed by atoms with Crippen molar-refractivity contribution in [1.82, 2.24) is 4.98 Å². The number of aliphatic hydroxyl groups excluding tert-OH is 2. The Labute approximate surface area is 182 Å². The van der Waals surface area contributed by atoms with E-state index in [-0.39, 0.29) is 24.5 Å². The van der Waals surface area contributed by atoms with E-state index in [0.717, 1.165) is 16.8 Å². The molecule has 0 aliphatic carbocycles. The largest absolute Gasteiger partial charge is 0.508 e. The van der Waals surface area contributed by atoms with E-state index < -0.39 is 27.8 Å². The second-order valence-corrected chi connectivity index (χ2v) is 9.69. The van der Waals surface area contributed by atoms with Gasteiger partial charge in [-0.1, -0.05) is 18.2 Å². The third-order valence-corrected chi connectivity index (χ3v) is 7.32. The van der Waals surface area contributed by atoms with Crippen LogP contribution in [0.25, 0.3) is 11.6 Å². The maximum absolute atomic E-state index is 12.4. The molecule has 0 saturated carbocycles. The number of rotatable bonds is 9. The Morgan fingerprint density at radius 3 is 2.74 bits per heavy atom. The zero-order chi connectivity index (χ0) is 22.4. The summed E-state index contributed by atoms with van der Waals surface area (Å²) in [7, 11) is -2.10. The lowest BCUT2D eigenvalue weighted by molar-refractivity contribution is 0.184. The van der Waals surface area contributed by atoms with Gasteiger partial charge < -0.3 is 20.1 Å². The SMILES string of the molecule is COCC1=C([C@H](O)CC/C(=C/c2cccc(O)c2)c2ccccn2)[C@H](CO)S(=O)(=O)C1. The molecular formula is C23H27NO6S. The predicted molar refractivity (Wildman–Crippen MR) is 119 cm³/mol. The maximum Gasteiger partial charge on any atom is 0.163 e. The Bertz CT molecular complexity index is 1060. The van der Waals surface area contributed by atoms with Gasteiger partial charge in [0.1, 0.15) is 11.0 Å². The molecule has 1 aromatic carbocycles. The van der Waals surface area contributed by atoms with E-state index in [1.165, 1.54) is 7.11 Å². The van der Waals surface area contributed by atoms with Crippen LogP contribution in [0.4, 0.5) is 0 Å². The van der Waals surface area contributed by atoms with E-state index in [0.29, 0.717) is 17.6 Å².